The number of amides is 1. The Labute approximate surface area is 177 Å². The number of allylic oxidation sites excluding steroid dienone is 3. The van der Waals surface area contributed by atoms with Crippen molar-refractivity contribution in [3.05, 3.63) is 76.9 Å². The molecule has 5 rings (SSSR count). The third-order valence-corrected chi connectivity index (χ3v) is 6.50. The number of carbonyl (C=O) groups excluding carboxylic acids is 2. The average molecular weight is 417 g/mol. The molecule has 1 unspecified atom stereocenters. The van der Waals surface area contributed by atoms with Gasteiger partial charge in [-0.1, -0.05) is 29.5 Å². The Morgan fingerprint density at radius 3 is 2.87 bits per heavy atom. The minimum atomic E-state index is -0.433. The van der Waals surface area contributed by atoms with Crippen molar-refractivity contribution in [2.75, 3.05) is 5.32 Å². The van der Waals surface area contributed by atoms with Gasteiger partial charge in [-0.25, -0.2) is 4.98 Å². The number of anilines is 1. The second kappa shape index (κ2) is 7.50. The lowest BCUT2D eigenvalue weighted by atomic mass is 9.75. The molecule has 30 heavy (non-hydrogen) atoms. The normalized spacial score (nSPS) is 19.0. The van der Waals surface area contributed by atoms with Gasteiger partial charge in [0, 0.05) is 47.3 Å². The highest BCUT2D eigenvalue weighted by atomic mass is 32.1. The molecule has 2 N–H and O–H groups in total. The first kappa shape index (κ1) is 18.7. The number of nitrogens with one attached hydrogen (secondary N) is 2. The third-order valence-electron chi connectivity index (χ3n) is 5.55. The fourth-order valence-corrected chi connectivity index (χ4v) is 5.12. The first-order valence-corrected chi connectivity index (χ1v) is 10.7. The quantitative estimate of drug-likeness (QED) is 0.665. The minimum Gasteiger partial charge on any atom is -0.362 e. The molecule has 0 fully saturated rings. The number of aromatic nitrogens is 2. The molecule has 0 bridgehead atoms. The number of Topliss-reactive ketones (excluding diaryl/α,β-unsaturated/α-hetero) is 1. The molecule has 7 heteroatoms. The van der Waals surface area contributed by atoms with Crippen LogP contribution in [0.15, 0.2) is 71.3 Å². The lowest BCUT2D eigenvalue weighted by Crippen LogP contribution is -2.35. The minimum absolute atomic E-state index is 0.0930. The van der Waals surface area contributed by atoms with Gasteiger partial charge in [0.25, 0.3) is 5.91 Å². The molecule has 3 heterocycles. The molecule has 0 saturated carbocycles. The zero-order valence-corrected chi connectivity index (χ0v) is 17.3. The number of benzene rings is 1. The smallest absolute Gasteiger partial charge is 0.256 e. The van der Waals surface area contributed by atoms with E-state index >= 15 is 0 Å². The second-order valence-electron chi connectivity index (χ2n) is 7.49. The van der Waals surface area contributed by atoms with Gasteiger partial charge in [-0.2, -0.15) is 0 Å². The molecule has 0 spiro atoms. The van der Waals surface area contributed by atoms with Crippen LogP contribution in [0.2, 0.25) is 0 Å². The van der Waals surface area contributed by atoms with Gasteiger partial charge in [0.2, 0.25) is 0 Å². The molecule has 150 valence electrons. The monoisotopic (exact) mass is 416 g/mol. The Morgan fingerprint density at radius 2 is 2.07 bits per heavy atom. The van der Waals surface area contributed by atoms with E-state index in [1.807, 2.05) is 43.3 Å². The lowest BCUT2D eigenvalue weighted by molar-refractivity contribution is -0.116. The van der Waals surface area contributed by atoms with Gasteiger partial charge in [0.15, 0.2) is 10.9 Å². The number of para-hydroxylation sites is 1. The van der Waals surface area contributed by atoms with Gasteiger partial charge in [-0.3, -0.25) is 19.9 Å². The number of fused-ring (bicyclic) bond motifs is 1. The summed E-state index contributed by atoms with van der Waals surface area (Å²) in [7, 11) is 0. The molecule has 2 aliphatic rings. The van der Waals surface area contributed by atoms with Crippen LogP contribution in [-0.2, 0) is 9.59 Å². The van der Waals surface area contributed by atoms with Crippen molar-refractivity contribution >= 4 is 38.4 Å². The Kier molecular flexibility index (Phi) is 4.67. The first-order valence-electron chi connectivity index (χ1n) is 9.92. The number of thiazole rings is 1. The van der Waals surface area contributed by atoms with Crippen LogP contribution in [0.25, 0.3) is 10.2 Å². The highest BCUT2D eigenvalue weighted by molar-refractivity contribution is 7.22. The zero-order valence-electron chi connectivity index (χ0n) is 16.4. The summed E-state index contributed by atoms with van der Waals surface area (Å²) in [6, 6.07) is 11.5. The molecule has 0 saturated heterocycles. The van der Waals surface area contributed by atoms with E-state index in [2.05, 4.69) is 20.6 Å². The van der Waals surface area contributed by atoms with E-state index in [-0.39, 0.29) is 11.7 Å². The third kappa shape index (κ3) is 3.21. The van der Waals surface area contributed by atoms with E-state index < -0.39 is 5.92 Å². The SMILES string of the molecule is CC1=C(C(=O)Nc2nc3ccccc3s2)C(c2cccnc2)C2=C(CCCC2=O)N1. The first-order chi connectivity index (χ1) is 14.6. The Balaban J connectivity index is 1.56. The standard InChI is InChI=1S/C23H20N4O2S/c1-13-19(22(29)27-23-26-15-7-2-3-10-18(15)30-23)20(14-6-5-11-24-12-14)21-16(25-13)8-4-9-17(21)28/h2-3,5-7,10-12,20,25H,4,8-9H2,1H3,(H,26,27,29). The maximum Gasteiger partial charge on any atom is 0.256 e. The van der Waals surface area contributed by atoms with Gasteiger partial charge in [0.1, 0.15) is 0 Å². The number of carbonyl (C=O) groups is 2. The summed E-state index contributed by atoms with van der Waals surface area (Å²) in [5, 5.41) is 6.83. The number of nitrogens with zero attached hydrogens (tertiary/aromatic N) is 2. The van der Waals surface area contributed by atoms with Gasteiger partial charge in [0.05, 0.1) is 10.2 Å². The molecule has 6 nitrogen and oxygen atoms in total. The maximum absolute atomic E-state index is 13.4. The van der Waals surface area contributed by atoms with Crippen LogP contribution in [0.3, 0.4) is 0 Å². The zero-order chi connectivity index (χ0) is 20.7. The maximum atomic E-state index is 13.4. The van der Waals surface area contributed by atoms with E-state index in [0.717, 1.165) is 40.0 Å². The van der Waals surface area contributed by atoms with E-state index in [1.54, 1.807) is 12.4 Å². The van der Waals surface area contributed by atoms with Crippen LogP contribution >= 0.6 is 11.3 Å². The van der Waals surface area contributed by atoms with E-state index in [0.29, 0.717) is 22.7 Å². The second-order valence-corrected chi connectivity index (χ2v) is 8.52. The van der Waals surface area contributed by atoms with Gasteiger partial charge < -0.3 is 5.32 Å². The van der Waals surface area contributed by atoms with E-state index in [9.17, 15) is 9.59 Å². The topological polar surface area (TPSA) is 84.0 Å². The summed E-state index contributed by atoms with van der Waals surface area (Å²) >= 11 is 1.43. The highest BCUT2D eigenvalue weighted by Crippen LogP contribution is 2.42. The van der Waals surface area contributed by atoms with Crippen molar-refractivity contribution in [1.29, 1.82) is 0 Å². The van der Waals surface area contributed by atoms with Crippen molar-refractivity contribution < 1.29 is 9.59 Å². The molecule has 1 aliphatic carbocycles. The van der Waals surface area contributed by atoms with Crippen LogP contribution in [0, 0.1) is 0 Å². The van der Waals surface area contributed by atoms with Crippen molar-refractivity contribution in [3.63, 3.8) is 0 Å². The van der Waals surface area contributed by atoms with Crippen LogP contribution in [0.1, 0.15) is 37.7 Å². The highest BCUT2D eigenvalue weighted by Gasteiger charge is 2.38. The van der Waals surface area contributed by atoms with Crippen molar-refractivity contribution in [2.24, 2.45) is 0 Å². The van der Waals surface area contributed by atoms with Crippen LogP contribution < -0.4 is 10.6 Å². The molecular weight excluding hydrogens is 396 g/mol. The van der Waals surface area contributed by atoms with Crippen molar-refractivity contribution in [1.82, 2.24) is 15.3 Å². The molecule has 0 radical (unpaired) electrons. The average Bonchev–Trinajstić information content (AvgIpc) is 3.15. The van der Waals surface area contributed by atoms with Crippen molar-refractivity contribution in [2.45, 2.75) is 32.1 Å². The largest absolute Gasteiger partial charge is 0.362 e. The predicted molar refractivity (Wildman–Crippen MR) is 117 cm³/mol. The van der Waals surface area contributed by atoms with Gasteiger partial charge >= 0.3 is 0 Å². The Bertz CT molecular complexity index is 1190. The number of ketones is 1. The molecule has 1 aliphatic heterocycles. The molecular formula is C23H20N4O2S. The van der Waals surface area contributed by atoms with E-state index in [1.165, 1.54) is 11.3 Å². The van der Waals surface area contributed by atoms with Crippen molar-refractivity contribution in [3.8, 4) is 0 Å². The number of hydrogen-bond donors (Lipinski definition) is 2. The predicted octanol–water partition coefficient (Wildman–Crippen LogP) is 4.30. The lowest BCUT2D eigenvalue weighted by Gasteiger charge is -2.34. The van der Waals surface area contributed by atoms with Crippen LogP contribution in [0.4, 0.5) is 5.13 Å². The van der Waals surface area contributed by atoms with Gasteiger partial charge in [-0.15, -0.1) is 0 Å². The fourth-order valence-electron chi connectivity index (χ4n) is 4.25. The summed E-state index contributed by atoms with van der Waals surface area (Å²) in [6.45, 7) is 1.89. The van der Waals surface area contributed by atoms with Gasteiger partial charge in [-0.05, 0) is 43.5 Å². The Hall–Kier alpha value is -3.32. The molecule has 1 aromatic carbocycles. The Morgan fingerprint density at radius 1 is 1.20 bits per heavy atom. The number of hydrogen-bond acceptors (Lipinski definition) is 6. The summed E-state index contributed by atoms with van der Waals surface area (Å²) in [4.78, 5) is 35.1. The summed E-state index contributed by atoms with van der Waals surface area (Å²) < 4.78 is 1.01. The van der Waals surface area contributed by atoms with E-state index in [4.69, 9.17) is 0 Å². The molecule has 1 amide bonds. The number of dihydropyridines is 1. The summed E-state index contributed by atoms with van der Waals surface area (Å²) in [6.07, 6.45) is 5.57. The number of pyridine rings is 1. The fraction of sp³-hybridized carbons (Fsp3) is 0.217. The molecule has 1 atom stereocenters. The summed E-state index contributed by atoms with van der Waals surface area (Å²) in [5.74, 6) is -0.592. The van der Waals surface area contributed by atoms with Crippen LogP contribution in [-0.4, -0.2) is 21.7 Å². The summed E-state index contributed by atoms with van der Waals surface area (Å²) in [5.41, 5.74) is 4.60. The van der Waals surface area contributed by atoms with Crippen LogP contribution in [0.5, 0.6) is 0 Å². The molecule has 2 aromatic heterocycles. The molecule has 3 aromatic rings. The number of rotatable bonds is 3.